The molecule has 0 radical (unpaired) electrons. The Morgan fingerprint density at radius 3 is 2.92 bits per heavy atom. The second-order valence-electron chi connectivity index (χ2n) is 3.09. The molecule has 13 heavy (non-hydrogen) atoms. The third-order valence-electron chi connectivity index (χ3n) is 1.87. The molecule has 0 saturated carbocycles. The summed E-state index contributed by atoms with van der Waals surface area (Å²) in [5.74, 6) is 0. The van der Waals surface area contributed by atoms with E-state index in [1.165, 1.54) is 28.2 Å². The Kier molecular flexibility index (Phi) is 3.97. The van der Waals surface area contributed by atoms with Crippen LogP contribution in [0.2, 0.25) is 0 Å². The van der Waals surface area contributed by atoms with Crippen LogP contribution in [0, 0.1) is 6.92 Å². The maximum Gasteiger partial charge on any atom is 0.0305 e. The summed E-state index contributed by atoms with van der Waals surface area (Å²) in [4.78, 5) is 2.78. The van der Waals surface area contributed by atoms with Crippen LogP contribution in [0.4, 0.5) is 0 Å². The Hall–Kier alpha value is -0.820. The standard InChI is InChI=1S/C12H16S/c1-4-6-8-12-11(7-5-2)9-10(3)13-12/h4,6,8-9H,1,5,7H2,2-3H3/b8-6-. The van der Waals surface area contributed by atoms with Gasteiger partial charge in [0.05, 0.1) is 0 Å². The van der Waals surface area contributed by atoms with Gasteiger partial charge >= 0.3 is 0 Å². The number of hydrogen-bond acceptors (Lipinski definition) is 1. The van der Waals surface area contributed by atoms with Crippen LogP contribution >= 0.6 is 11.3 Å². The Morgan fingerprint density at radius 1 is 1.54 bits per heavy atom. The largest absolute Gasteiger partial charge is 0.141 e. The smallest absolute Gasteiger partial charge is 0.0305 e. The van der Waals surface area contributed by atoms with Crippen molar-refractivity contribution in [1.29, 1.82) is 0 Å². The van der Waals surface area contributed by atoms with Crippen molar-refractivity contribution in [3.05, 3.63) is 40.1 Å². The van der Waals surface area contributed by atoms with Crippen molar-refractivity contribution in [2.45, 2.75) is 26.7 Å². The molecule has 0 nitrogen and oxygen atoms in total. The molecule has 0 unspecified atom stereocenters. The molecule has 1 heterocycles. The molecule has 0 fully saturated rings. The molecule has 1 heteroatoms. The fourth-order valence-electron chi connectivity index (χ4n) is 1.35. The van der Waals surface area contributed by atoms with Crippen LogP contribution in [0.3, 0.4) is 0 Å². The number of hydrogen-bond donors (Lipinski definition) is 0. The molecule has 0 bridgehead atoms. The van der Waals surface area contributed by atoms with E-state index in [0.717, 1.165) is 0 Å². The molecule has 0 spiro atoms. The fourth-order valence-corrected chi connectivity index (χ4v) is 2.33. The molecule has 0 aliphatic heterocycles. The third kappa shape index (κ3) is 2.85. The molecule has 0 saturated heterocycles. The minimum Gasteiger partial charge on any atom is -0.141 e. The van der Waals surface area contributed by atoms with E-state index in [1.807, 2.05) is 23.5 Å². The highest BCUT2D eigenvalue weighted by Crippen LogP contribution is 2.24. The van der Waals surface area contributed by atoms with Gasteiger partial charge in [-0.05, 0) is 31.1 Å². The van der Waals surface area contributed by atoms with Gasteiger partial charge in [0.2, 0.25) is 0 Å². The Balaban J connectivity index is 2.89. The van der Waals surface area contributed by atoms with Gasteiger partial charge < -0.3 is 0 Å². The highest BCUT2D eigenvalue weighted by Gasteiger charge is 2.02. The highest BCUT2D eigenvalue weighted by atomic mass is 32.1. The highest BCUT2D eigenvalue weighted by molar-refractivity contribution is 7.13. The number of allylic oxidation sites excluding steroid dienone is 2. The summed E-state index contributed by atoms with van der Waals surface area (Å²) in [7, 11) is 0. The summed E-state index contributed by atoms with van der Waals surface area (Å²) < 4.78 is 0. The third-order valence-corrected chi connectivity index (χ3v) is 2.93. The maximum atomic E-state index is 3.68. The van der Waals surface area contributed by atoms with E-state index in [9.17, 15) is 0 Å². The van der Waals surface area contributed by atoms with Crippen LogP contribution in [-0.4, -0.2) is 0 Å². The minimum atomic E-state index is 1.18. The summed E-state index contributed by atoms with van der Waals surface area (Å²) in [5, 5.41) is 0. The summed E-state index contributed by atoms with van der Waals surface area (Å²) >= 11 is 1.86. The van der Waals surface area contributed by atoms with E-state index in [2.05, 4.69) is 32.6 Å². The summed E-state index contributed by atoms with van der Waals surface area (Å²) in [6.07, 6.45) is 8.37. The zero-order valence-electron chi connectivity index (χ0n) is 8.34. The average Bonchev–Trinajstić information content (AvgIpc) is 2.44. The molecule has 1 rings (SSSR count). The fraction of sp³-hybridized carbons (Fsp3) is 0.333. The lowest BCUT2D eigenvalue weighted by atomic mass is 10.1. The molecule has 0 aliphatic rings. The molecule has 0 aliphatic carbocycles. The van der Waals surface area contributed by atoms with Gasteiger partial charge in [0.1, 0.15) is 0 Å². The van der Waals surface area contributed by atoms with Gasteiger partial charge in [0.25, 0.3) is 0 Å². The predicted octanol–water partition coefficient (Wildman–Crippen LogP) is 4.21. The van der Waals surface area contributed by atoms with Crippen LogP contribution in [0.5, 0.6) is 0 Å². The van der Waals surface area contributed by atoms with Gasteiger partial charge in [0.15, 0.2) is 0 Å². The SMILES string of the molecule is C=C/C=C\c1sc(C)cc1CCC. The zero-order valence-corrected chi connectivity index (χ0v) is 9.16. The van der Waals surface area contributed by atoms with Gasteiger partial charge in [-0.3, -0.25) is 0 Å². The van der Waals surface area contributed by atoms with E-state index in [0.29, 0.717) is 0 Å². The normalized spacial score (nSPS) is 10.9. The Labute approximate surface area is 84.6 Å². The molecule has 1 aromatic rings. The first-order chi connectivity index (χ1) is 6.27. The number of rotatable bonds is 4. The van der Waals surface area contributed by atoms with E-state index < -0.39 is 0 Å². The second kappa shape index (κ2) is 5.03. The summed E-state index contributed by atoms with van der Waals surface area (Å²) in [5.41, 5.74) is 1.48. The van der Waals surface area contributed by atoms with Gasteiger partial charge in [-0.1, -0.05) is 32.1 Å². The van der Waals surface area contributed by atoms with E-state index in [4.69, 9.17) is 0 Å². The average molecular weight is 192 g/mol. The lowest BCUT2D eigenvalue weighted by Crippen LogP contribution is -1.80. The molecule has 0 aromatic carbocycles. The molecule has 0 atom stereocenters. The van der Waals surface area contributed by atoms with Crippen LogP contribution in [0.25, 0.3) is 6.08 Å². The van der Waals surface area contributed by atoms with Crippen molar-refractivity contribution in [3.8, 4) is 0 Å². The van der Waals surface area contributed by atoms with Crippen molar-refractivity contribution >= 4 is 17.4 Å². The van der Waals surface area contributed by atoms with Crippen LogP contribution in [0.1, 0.15) is 28.7 Å². The van der Waals surface area contributed by atoms with Gasteiger partial charge in [-0.15, -0.1) is 11.3 Å². The quantitative estimate of drug-likeness (QED) is 0.627. The van der Waals surface area contributed by atoms with Crippen molar-refractivity contribution in [3.63, 3.8) is 0 Å². The molecular formula is C12H16S. The van der Waals surface area contributed by atoms with Crippen molar-refractivity contribution in [2.75, 3.05) is 0 Å². The first kappa shape index (κ1) is 10.3. The van der Waals surface area contributed by atoms with E-state index in [1.54, 1.807) is 0 Å². The lowest BCUT2D eigenvalue weighted by Gasteiger charge is -1.94. The van der Waals surface area contributed by atoms with E-state index >= 15 is 0 Å². The van der Waals surface area contributed by atoms with Gasteiger partial charge in [0, 0.05) is 9.75 Å². The van der Waals surface area contributed by atoms with Crippen molar-refractivity contribution < 1.29 is 0 Å². The molecule has 0 N–H and O–H groups in total. The summed E-state index contributed by atoms with van der Waals surface area (Å²) in [6.45, 7) is 8.05. The second-order valence-corrected chi connectivity index (χ2v) is 4.38. The van der Waals surface area contributed by atoms with Crippen molar-refractivity contribution in [2.24, 2.45) is 0 Å². The van der Waals surface area contributed by atoms with E-state index in [-0.39, 0.29) is 0 Å². The van der Waals surface area contributed by atoms with Crippen LogP contribution in [0.15, 0.2) is 24.8 Å². The molecule has 0 amide bonds. The topological polar surface area (TPSA) is 0 Å². The first-order valence-electron chi connectivity index (χ1n) is 4.66. The summed E-state index contributed by atoms with van der Waals surface area (Å²) in [6, 6.07) is 2.29. The number of thiophene rings is 1. The monoisotopic (exact) mass is 192 g/mol. The first-order valence-corrected chi connectivity index (χ1v) is 5.48. The lowest BCUT2D eigenvalue weighted by molar-refractivity contribution is 0.924. The molecular weight excluding hydrogens is 176 g/mol. The Bertz CT molecular complexity index is 305. The Morgan fingerprint density at radius 2 is 2.31 bits per heavy atom. The number of aryl methyl sites for hydroxylation is 2. The van der Waals surface area contributed by atoms with Crippen LogP contribution in [-0.2, 0) is 6.42 Å². The maximum absolute atomic E-state index is 3.68. The molecule has 70 valence electrons. The zero-order chi connectivity index (χ0) is 9.68. The molecule has 1 aromatic heterocycles. The van der Waals surface area contributed by atoms with Gasteiger partial charge in [-0.2, -0.15) is 0 Å². The predicted molar refractivity (Wildman–Crippen MR) is 62.3 cm³/mol. The minimum absolute atomic E-state index is 1.18. The van der Waals surface area contributed by atoms with Gasteiger partial charge in [-0.25, -0.2) is 0 Å². The van der Waals surface area contributed by atoms with Crippen molar-refractivity contribution in [1.82, 2.24) is 0 Å². The van der Waals surface area contributed by atoms with Crippen LogP contribution < -0.4 is 0 Å².